The number of hydrogen-bond donors (Lipinski definition) is 0. The molecule has 22 heavy (non-hydrogen) atoms. The van der Waals surface area contributed by atoms with Gasteiger partial charge in [-0.2, -0.15) is 0 Å². The highest BCUT2D eigenvalue weighted by molar-refractivity contribution is 6.74. The molecule has 0 saturated heterocycles. The maximum atomic E-state index is 11.0. The highest BCUT2D eigenvalue weighted by atomic mass is 28.4. The molecule has 124 valence electrons. The molecule has 0 fully saturated rings. The van der Waals surface area contributed by atoms with Crippen molar-refractivity contribution in [2.75, 3.05) is 6.61 Å². The first-order valence-corrected chi connectivity index (χ1v) is 10.7. The number of rotatable bonds is 5. The van der Waals surface area contributed by atoms with E-state index in [1.807, 2.05) is 12.1 Å². The molecule has 0 amide bonds. The Bertz CT molecular complexity index is 510. The van der Waals surface area contributed by atoms with Gasteiger partial charge < -0.3 is 9.16 Å². The van der Waals surface area contributed by atoms with Crippen molar-refractivity contribution in [2.45, 2.75) is 65.1 Å². The van der Waals surface area contributed by atoms with Crippen LogP contribution in [0.25, 0.3) is 0 Å². The highest BCUT2D eigenvalue weighted by Gasteiger charge is 2.39. The molecule has 1 aromatic carbocycles. The first-order valence-electron chi connectivity index (χ1n) is 7.78. The first kappa shape index (κ1) is 18.8. The summed E-state index contributed by atoms with van der Waals surface area (Å²) in [6, 6.07) is 8.16. The molecule has 0 heterocycles. The Hall–Kier alpha value is -1.29. The van der Waals surface area contributed by atoms with Crippen LogP contribution < -0.4 is 4.43 Å². The smallest absolute Gasteiger partial charge is 0.302 e. The van der Waals surface area contributed by atoms with Gasteiger partial charge in [0.2, 0.25) is 8.32 Å². The van der Waals surface area contributed by atoms with Crippen molar-refractivity contribution in [3.05, 3.63) is 29.8 Å². The Kier molecular flexibility index (Phi) is 5.50. The zero-order chi connectivity index (χ0) is 17.2. The maximum absolute atomic E-state index is 11.0. The van der Waals surface area contributed by atoms with E-state index >= 15 is 0 Å². The summed E-state index contributed by atoms with van der Waals surface area (Å²) in [5.41, 5.74) is 0.928. The predicted molar refractivity (Wildman–Crippen MR) is 93.9 cm³/mol. The van der Waals surface area contributed by atoms with Crippen molar-refractivity contribution in [3.63, 3.8) is 0 Å². The van der Waals surface area contributed by atoms with Gasteiger partial charge in [-0.05, 0) is 35.8 Å². The van der Waals surface area contributed by atoms with Crippen LogP contribution in [0.3, 0.4) is 0 Å². The van der Waals surface area contributed by atoms with Crippen LogP contribution in [-0.4, -0.2) is 20.9 Å². The van der Waals surface area contributed by atoms with Crippen LogP contribution >= 0.6 is 0 Å². The van der Waals surface area contributed by atoms with E-state index < -0.39 is 8.32 Å². The van der Waals surface area contributed by atoms with Gasteiger partial charge in [0.1, 0.15) is 12.4 Å². The van der Waals surface area contributed by atoms with Gasteiger partial charge >= 0.3 is 5.97 Å². The molecule has 0 saturated carbocycles. The molecule has 0 spiro atoms. The van der Waals surface area contributed by atoms with E-state index in [0.29, 0.717) is 6.61 Å². The summed E-state index contributed by atoms with van der Waals surface area (Å²) in [4.78, 5) is 11.0. The zero-order valence-corrected chi connectivity index (χ0v) is 16.2. The third-order valence-electron chi connectivity index (χ3n) is 4.45. The second kappa shape index (κ2) is 6.45. The summed E-state index contributed by atoms with van der Waals surface area (Å²) in [6.07, 6.45) is 0. The van der Waals surface area contributed by atoms with Crippen molar-refractivity contribution in [3.8, 4) is 5.75 Å². The highest BCUT2D eigenvalue weighted by Crippen LogP contribution is 2.37. The fourth-order valence-electron chi connectivity index (χ4n) is 1.79. The number of carbonyl (C=O) groups is 1. The lowest BCUT2D eigenvalue weighted by molar-refractivity contribution is -0.142. The molecular weight excluding hydrogens is 292 g/mol. The molecule has 0 atom stereocenters. The molecule has 0 radical (unpaired) electrons. The first-order chi connectivity index (χ1) is 9.85. The summed E-state index contributed by atoms with van der Waals surface area (Å²) in [6.45, 7) is 17.1. The second-order valence-corrected chi connectivity index (χ2v) is 12.8. The van der Waals surface area contributed by atoms with Gasteiger partial charge in [0.05, 0.1) is 0 Å². The molecule has 0 bridgehead atoms. The molecule has 0 aromatic heterocycles. The lowest BCUT2D eigenvalue weighted by atomic mass is 9.85. The number of carbonyl (C=O) groups excluding carboxylic acids is 1. The summed E-state index contributed by atoms with van der Waals surface area (Å²) >= 11 is 0. The van der Waals surface area contributed by atoms with Crippen LogP contribution in [0.2, 0.25) is 18.1 Å². The Morgan fingerprint density at radius 2 is 1.55 bits per heavy atom. The number of benzene rings is 1. The van der Waals surface area contributed by atoms with Crippen molar-refractivity contribution in [1.82, 2.24) is 0 Å². The largest absolute Gasteiger partial charge is 0.544 e. The van der Waals surface area contributed by atoms with Crippen molar-refractivity contribution in [1.29, 1.82) is 0 Å². The summed E-state index contributed by atoms with van der Waals surface area (Å²) < 4.78 is 11.4. The minimum Gasteiger partial charge on any atom is -0.544 e. The monoisotopic (exact) mass is 322 g/mol. The predicted octanol–water partition coefficient (Wildman–Crippen LogP) is 4.91. The van der Waals surface area contributed by atoms with E-state index in [1.54, 1.807) is 0 Å². The number of hydrogen-bond acceptors (Lipinski definition) is 3. The van der Waals surface area contributed by atoms with Gasteiger partial charge in [-0.3, -0.25) is 4.79 Å². The molecule has 0 aliphatic carbocycles. The molecule has 4 heteroatoms. The van der Waals surface area contributed by atoms with Crippen molar-refractivity contribution < 1.29 is 14.0 Å². The van der Waals surface area contributed by atoms with Crippen LogP contribution in [0.4, 0.5) is 0 Å². The quantitative estimate of drug-likeness (QED) is 0.570. The van der Waals surface area contributed by atoms with Gasteiger partial charge in [-0.15, -0.1) is 0 Å². The molecule has 0 aliphatic heterocycles. The van der Waals surface area contributed by atoms with Crippen LogP contribution in [0.1, 0.15) is 47.1 Å². The average molecular weight is 323 g/mol. The Balaban J connectivity index is 2.85. The maximum Gasteiger partial charge on any atom is 0.302 e. The second-order valence-electron chi connectivity index (χ2n) is 8.05. The molecule has 3 nitrogen and oxygen atoms in total. The van der Waals surface area contributed by atoms with E-state index in [4.69, 9.17) is 9.16 Å². The van der Waals surface area contributed by atoms with E-state index in [0.717, 1.165) is 11.3 Å². The lowest BCUT2D eigenvalue weighted by Crippen LogP contribution is -2.43. The molecule has 1 rings (SSSR count). The zero-order valence-electron chi connectivity index (χ0n) is 15.2. The van der Waals surface area contributed by atoms with E-state index in [1.165, 1.54) is 6.92 Å². The van der Waals surface area contributed by atoms with Gasteiger partial charge in [-0.1, -0.05) is 46.8 Å². The summed E-state index contributed by atoms with van der Waals surface area (Å²) in [5.74, 6) is 0.671. The van der Waals surface area contributed by atoms with E-state index in [9.17, 15) is 4.79 Å². The SMILES string of the molecule is CC(=O)OCC(C)(C)c1ccc(O[Si](C)(C)C(C)(C)C)cc1. The van der Waals surface area contributed by atoms with E-state index in [-0.39, 0.29) is 16.4 Å². The molecule has 0 N–H and O–H groups in total. The summed E-state index contributed by atoms with van der Waals surface area (Å²) in [5, 5.41) is 0.181. The van der Waals surface area contributed by atoms with Gasteiger partial charge in [0, 0.05) is 12.3 Å². The number of ether oxygens (including phenoxy) is 1. The molecular formula is C18H30O3Si. The lowest BCUT2D eigenvalue weighted by Gasteiger charge is -2.36. The van der Waals surface area contributed by atoms with E-state index in [2.05, 4.69) is 59.8 Å². The minimum atomic E-state index is -1.81. The topological polar surface area (TPSA) is 35.5 Å². The average Bonchev–Trinajstić information content (AvgIpc) is 2.35. The third-order valence-corrected chi connectivity index (χ3v) is 8.81. The van der Waals surface area contributed by atoms with Gasteiger partial charge in [0.25, 0.3) is 0 Å². The van der Waals surface area contributed by atoms with Crippen molar-refractivity contribution in [2.24, 2.45) is 0 Å². The minimum absolute atomic E-state index is 0.181. The third kappa shape index (κ3) is 4.87. The molecule has 0 unspecified atom stereocenters. The van der Waals surface area contributed by atoms with Crippen LogP contribution in [0, 0.1) is 0 Å². The molecule has 1 aromatic rings. The van der Waals surface area contributed by atoms with Crippen LogP contribution in [-0.2, 0) is 14.9 Å². The van der Waals surface area contributed by atoms with Gasteiger partial charge in [-0.25, -0.2) is 0 Å². The number of esters is 1. The molecule has 0 aliphatic rings. The van der Waals surface area contributed by atoms with Crippen molar-refractivity contribution >= 4 is 14.3 Å². The normalized spacial score (nSPS) is 12.9. The van der Waals surface area contributed by atoms with Gasteiger partial charge in [0.15, 0.2) is 0 Å². The fraction of sp³-hybridized carbons (Fsp3) is 0.611. The Morgan fingerprint density at radius 3 is 1.95 bits per heavy atom. The standard InChI is InChI=1S/C18H30O3Si/c1-14(19)20-13-18(5,6)15-9-11-16(12-10-15)21-22(7,8)17(2,3)4/h9-12H,13H2,1-8H3. The van der Waals surface area contributed by atoms with Crippen LogP contribution in [0.5, 0.6) is 5.75 Å². The van der Waals surface area contributed by atoms with Crippen LogP contribution in [0.15, 0.2) is 24.3 Å². The summed E-state index contributed by atoms with van der Waals surface area (Å²) in [7, 11) is -1.81. The Morgan fingerprint density at radius 1 is 1.05 bits per heavy atom. The Labute approximate surface area is 136 Å². The fourth-order valence-corrected chi connectivity index (χ4v) is 2.82.